The number of amides is 1. The molecule has 4 heteroatoms. The van der Waals surface area contributed by atoms with Gasteiger partial charge in [0.05, 0.1) is 6.61 Å². The highest BCUT2D eigenvalue weighted by atomic mass is 16.5. The minimum atomic E-state index is 0.330. The molecule has 0 bridgehead atoms. The Morgan fingerprint density at radius 2 is 1.57 bits per heavy atom. The van der Waals surface area contributed by atoms with Crippen molar-refractivity contribution in [2.45, 2.75) is 47.0 Å². The number of nitrogens with zero attached hydrogens (tertiary/aromatic N) is 2. The van der Waals surface area contributed by atoms with E-state index in [1.807, 2.05) is 4.90 Å². The Morgan fingerprint density at radius 1 is 0.952 bits per heavy atom. The molecule has 1 amide bonds. The molecule has 0 aromatic heterocycles. The van der Waals surface area contributed by atoms with Crippen molar-refractivity contribution in [1.82, 2.24) is 9.80 Å². The van der Waals surface area contributed by atoms with Crippen molar-refractivity contribution in [1.29, 1.82) is 0 Å². The number of carbonyl (C=O) groups excluding carboxylic acids is 1. The van der Waals surface area contributed by atoms with E-state index in [1.165, 1.54) is 0 Å². The van der Waals surface area contributed by atoms with Gasteiger partial charge in [0.25, 0.3) is 0 Å². The third kappa shape index (κ3) is 8.42. The van der Waals surface area contributed by atoms with E-state index < -0.39 is 0 Å². The molecule has 21 heavy (non-hydrogen) atoms. The lowest BCUT2D eigenvalue weighted by molar-refractivity contribution is -0.133. The summed E-state index contributed by atoms with van der Waals surface area (Å²) in [6.07, 6.45) is 2.84. The summed E-state index contributed by atoms with van der Waals surface area (Å²) in [5, 5.41) is 0. The smallest absolute Gasteiger partial charge is 0.222 e. The van der Waals surface area contributed by atoms with E-state index in [1.54, 1.807) is 0 Å². The van der Waals surface area contributed by atoms with Gasteiger partial charge >= 0.3 is 0 Å². The zero-order valence-corrected chi connectivity index (χ0v) is 14.4. The summed E-state index contributed by atoms with van der Waals surface area (Å²) in [4.78, 5) is 16.5. The predicted molar refractivity (Wildman–Crippen MR) is 87.4 cm³/mol. The van der Waals surface area contributed by atoms with Crippen LogP contribution in [0.2, 0.25) is 0 Å². The highest BCUT2D eigenvalue weighted by molar-refractivity contribution is 5.76. The molecule has 1 rings (SSSR count). The molecule has 1 aliphatic rings. The van der Waals surface area contributed by atoms with Gasteiger partial charge in [-0.05, 0) is 24.7 Å². The topological polar surface area (TPSA) is 32.8 Å². The van der Waals surface area contributed by atoms with Crippen molar-refractivity contribution >= 4 is 5.91 Å². The first-order chi connectivity index (χ1) is 9.99. The maximum atomic E-state index is 12.1. The average Bonchev–Trinajstić information content (AvgIpc) is 2.44. The van der Waals surface area contributed by atoms with Gasteiger partial charge in [-0.3, -0.25) is 9.69 Å². The van der Waals surface area contributed by atoms with Gasteiger partial charge in [0, 0.05) is 45.8 Å². The van der Waals surface area contributed by atoms with Crippen LogP contribution in [0, 0.1) is 11.8 Å². The van der Waals surface area contributed by atoms with Crippen molar-refractivity contribution in [3.8, 4) is 0 Å². The van der Waals surface area contributed by atoms with Crippen LogP contribution in [0.15, 0.2) is 0 Å². The van der Waals surface area contributed by atoms with Crippen LogP contribution in [0.25, 0.3) is 0 Å². The molecule has 0 saturated carbocycles. The van der Waals surface area contributed by atoms with E-state index in [0.717, 1.165) is 58.8 Å². The lowest BCUT2D eigenvalue weighted by atomic mass is 10.1. The Kier molecular flexibility index (Phi) is 8.93. The van der Waals surface area contributed by atoms with E-state index >= 15 is 0 Å². The van der Waals surface area contributed by atoms with Gasteiger partial charge in [0.1, 0.15) is 0 Å². The predicted octanol–water partition coefficient (Wildman–Crippen LogP) is 2.63. The number of hydrogen-bond donors (Lipinski definition) is 0. The van der Waals surface area contributed by atoms with Crippen molar-refractivity contribution in [3.63, 3.8) is 0 Å². The summed E-state index contributed by atoms with van der Waals surface area (Å²) in [6.45, 7) is 15.2. The molecule has 0 atom stereocenters. The van der Waals surface area contributed by atoms with Crippen LogP contribution in [0.1, 0.15) is 47.0 Å². The first-order valence-corrected chi connectivity index (χ1v) is 8.57. The van der Waals surface area contributed by atoms with E-state index in [4.69, 9.17) is 4.74 Å². The highest BCUT2D eigenvalue weighted by Crippen LogP contribution is 2.09. The molecule has 0 spiro atoms. The third-order valence-electron chi connectivity index (χ3n) is 4.05. The van der Waals surface area contributed by atoms with Crippen molar-refractivity contribution in [2.75, 3.05) is 45.9 Å². The second-order valence-electron chi connectivity index (χ2n) is 6.95. The summed E-state index contributed by atoms with van der Waals surface area (Å²) in [7, 11) is 0. The van der Waals surface area contributed by atoms with Crippen LogP contribution in [-0.4, -0.2) is 61.6 Å². The second kappa shape index (κ2) is 10.2. The summed E-state index contributed by atoms with van der Waals surface area (Å²) in [5.41, 5.74) is 0. The third-order valence-corrected chi connectivity index (χ3v) is 4.05. The Balaban J connectivity index is 2.07. The second-order valence-corrected chi connectivity index (χ2v) is 6.95. The molecule has 1 fully saturated rings. The number of carbonyl (C=O) groups is 1. The summed E-state index contributed by atoms with van der Waals surface area (Å²) in [6, 6.07) is 0. The zero-order valence-electron chi connectivity index (χ0n) is 14.4. The minimum absolute atomic E-state index is 0.330. The molecular formula is C17H34N2O2. The number of piperazine rings is 1. The number of ether oxygens (including phenoxy) is 1. The van der Waals surface area contributed by atoms with Crippen molar-refractivity contribution in [2.24, 2.45) is 11.8 Å². The molecule has 1 saturated heterocycles. The molecule has 0 aromatic rings. The van der Waals surface area contributed by atoms with Gasteiger partial charge in [-0.2, -0.15) is 0 Å². The fraction of sp³-hybridized carbons (Fsp3) is 0.941. The molecule has 4 nitrogen and oxygen atoms in total. The summed E-state index contributed by atoms with van der Waals surface area (Å²) >= 11 is 0. The molecule has 0 unspecified atom stereocenters. The van der Waals surface area contributed by atoms with Gasteiger partial charge in [0.15, 0.2) is 0 Å². The SMILES string of the molecule is CC(C)CCOCCN1CCN(C(=O)CCC(C)C)CC1. The molecule has 0 aromatic carbocycles. The van der Waals surface area contributed by atoms with Crippen LogP contribution in [0.5, 0.6) is 0 Å². The number of rotatable bonds is 9. The maximum absolute atomic E-state index is 12.1. The standard InChI is InChI=1S/C17H34N2O2/c1-15(2)5-6-17(20)19-10-8-18(9-11-19)12-14-21-13-7-16(3)4/h15-16H,5-14H2,1-4H3. The van der Waals surface area contributed by atoms with Gasteiger partial charge in [-0.25, -0.2) is 0 Å². The van der Waals surface area contributed by atoms with Crippen molar-refractivity contribution in [3.05, 3.63) is 0 Å². The first kappa shape index (κ1) is 18.4. The van der Waals surface area contributed by atoms with Gasteiger partial charge in [-0.15, -0.1) is 0 Å². The molecule has 124 valence electrons. The van der Waals surface area contributed by atoms with Crippen LogP contribution in [-0.2, 0) is 9.53 Å². The Labute approximate surface area is 130 Å². The van der Waals surface area contributed by atoms with Gasteiger partial charge < -0.3 is 9.64 Å². The Morgan fingerprint density at radius 3 is 2.14 bits per heavy atom. The Bertz CT molecular complexity index is 285. The Hall–Kier alpha value is -0.610. The first-order valence-electron chi connectivity index (χ1n) is 8.57. The highest BCUT2D eigenvalue weighted by Gasteiger charge is 2.20. The molecule has 1 aliphatic heterocycles. The molecule has 0 N–H and O–H groups in total. The minimum Gasteiger partial charge on any atom is -0.380 e. The fourth-order valence-corrected chi connectivity index (χ4v) is 2.41. The van der Waals surface area contributed by atoms with Gasteiger partial charge in [-0.1, -0.05) is 27.7 Å². The zero-order chi connectivity index (χ0) is 15.7. The quantitative estimate of drug-likeness (QED) is 0.614. The lowest BCUT2D eigenvalue weighted by Crippen LogP contribution is -2.49. The normalized spacial score (nSPS) is 17.0. The largest absolute Gasteiger partial charge is 0.380 e. The van der Waals surface area contributed by atoms with Crippen LogP contribution in [0.4, 0.5) is 0 Å². The molecule has 0 radical (unpaired) electrons. The lowest BCUT2D eigenvalue weighted by Gasteiger charge is -2.34. The monoisotopic (exact) mass is 298 g/mol. The van der Waals surface area contributed by atoms with Crippen LogP contribution in [0.3, 0.4) is 0 Å². The summed E-state index contributed by atoms with van der Waals surface area (Å²) in [5.74, 6) is 1.65. The maximum Gasteiger partial charge on any atom is 0.222 e. The molecular weight excluding hydrogens is 264 g/mol. The van der Waals surface area contributed by atoms with E-state index in [2.05, 4.69) is 32.6 Å². The molecule has 1 heterocycles. The van der Waals surface area contributed by atoms with Gasteiger partial charge in [0.2, 0.25) is 5.91 Å². The molecule has 0 aliphatic carbocycles. The number of hydrogen-bond acceptors (Lipinski definition) is 3. The van der Waals surface area contributed by atoms with Crippen LogP contribution >= 0.6 is 0 Å². The van der Waals surface area contributed by atoms with Crippen molar-refractivity contribution < 1.29 is 9.53 Å². The van der Waals surface area contributed by atoms with E-state index in [0.29, 0.717) is 24.2 Å². The van der Waals surface area contributed by atoms with Crippen LogP contribution < -0.4 is 0 Å². The summed E-state index contributed by atoms with van der Waals surface area (Å²) < 4.78 is 5.66. The van der Waals surface area contributed by atoms with E-state index in [9.17, 15) is 4.79 Å². The van der Waals surface area contributed by atoms with E-state index in [-0.39, 0.29) is 0 Å². The average molecular weight is 298 g/mol. The fourth-order valence-electron chi connectivity index (χ4n) is 2.41.